The lowest BCUT2D eigenvalue weighted by atomic mass is 10.1. The van der Waals surface area contributed by atoms with E-state index < -0.39 is 35.9 Å². The molecule has 0 saturated heterocycles. The molecule has 0 aromatic heterocycles. The maximum Gasteiger partial charge on any atom is 0.156 e. The van der Waals surface area contributed by atoms with E-state index in [-0.39, 0.29) is 0 Å². The molecule has 1 unspecified atom stereocenters. The third-order valence-electron chi connectivity index (χ3n) is 1.07. The van der Waals surface area contributed by atoms with Crippen LogP contribution in [0, 0.1) is 0 Å². The first-order chi connectivity index (χ1) is 5.45. The number of halogens is 1. The average molecular weight is 193 g/mol. The van der Waals surface area contributed by atoms with Crippen molar-refractivity contribution in [3.05, 3.63) is 0 Å². The summed E-state index contributed by atoms with van der Waals surface area (Å²) in [6.07, 6.45) is -0.986. The first-order valence-electron chi connectivity index (χ1n) is 3.02. The summed E-state index contributed by atoms with van der Waals surface area (Å²) in [5, 5.41) is 18.0. The van der Waals surface area contributed by atoms with Gasteiger partial charge in [0.25, 0.3) is 0 Å². The van der Waals surface area contributed by atoms with Crippen LogP contribution in [0.4, 0.5) is 0 Å². The quantitative estimate of drug-likeness (QED) is 0.353. The van der Waals surface area contributed by atoms with Crippen molar-refractivity contribution < 1.29 is 24.6 Å². The van der Waals surface area contributed by atoms with Crippen molar-refractivity contribution in [1.82, 2.24) is 0 Å². The molecule has 0 spiro atoms. The van der Waals surface area contributed by atoms with Crippen LogP contribution in [0.1, 0.15) is 12.8 Å². The van der Waals surface area contributed by atoms with Gasteiger partial charge in [-0.2, -0.15) is 0 Å². The number of ketones is 1. The summed E-state index contributed by atoms with van der Waals surface area (Å²) in [5.41, 5.74) is 0. The van der Waals surface area contributed by atoms with Crippen molar-refractivity contribution in [1.29, 1.82) is 0 Å². The SMILES string of the molecule is O=C([O-])CCC(=O)C(Cl)C(=O)[O-]. The Kier molecular flexibility index (Phi) is 4.28. The Bertz CT molecular complexity index is 212. The molecule has 68 valence electrons. The monoisotopic (exact) mass is 192 g/mol. The number of carbonyl (C=O) groups is 3. The predicted octanol–water partition coefficient (Wildman–Crippen LogP) is -2.56. The largest absolute Gasteiger partial charge is 0.550 e. The van der Waals surface area contributed by atoms with Crippen molar-refractivity contribution in [2.75, 3.05) is 0 Å². The smallest absolute Gasteiger partial charge is 0.156 e. The van der Waals surface area contributed by atoms with Gasteiger partial charge in [0.15, 0.2) is 5.78 Å². The number of carboxylic acids is 2. The molecule has 0 saturated carbocycles. The van der Waals surface area contributed by atoms with Crippen molar-refractivity contribution in [3.8, 4) is 0 Å². The van der Waals surface area contributed by atoms with E-state index in [4.69, 9.17) is 11.6 Å². The van der Waals surface area contributed by atoms with Gasteiger partial charge in [0.1, 0.15) is 5.38 Å². The second kappa shape index (κ2) is 4.71. The zero-order valence-electron chi connectivity index (χ0n) is 5.91. The lowest BCUT2D eigenvalue weighted by molar-refractivity contribution is -0.307. The van der Waals surface area contributed by atoms with Crippen molar-refractivity contribution >= 4 is 29.3 Å². The molecule has 0 heterocycles. The second-order valence-electron chi connectivity index (χ2n) is 2.02. The highest BCUT2D eigenvalue weighted by molar-refractivity contribution is 6.40. The Morgan fingerprint density at radius 1 is 1.17 bits per heavy atom. The molecule has 0 aliphatic carbocycles. The van der Waals surface area contributed by atoms with Gasteiger partial charge in [0.05, 0.1) is 5.97 Å². The fourth-order valence-electron chi connectivity index (χ4n) is 0.483. The predicted molar refractivity (Wildman–Crippen MR) is 33.9 cm³/mol. The van der Waals surface area contributed by atoms with Crippen molar-refractivity contribution in [2.24, 2.45) is 0 Å². The van der Waals surface area contributed by atoms with E-state index >= 15 is 0 Å². The summed E-state index contributed by atoms with van der Waals surface area (Å²) in [6.45, 7) is 0. The van der Waals surface area contributed by atoms with E-state index in [1.165, 1.54) is 0 Å². The van der Waals surface area contributed by atoms with Gasteiger partial charge in [0.2, 0.25) is 0 Å². The summed E-state index contributed by atoms with van der Waals surface area (Å²) >= 11 is 5.02. The molecule has 0 N–H and O–H groups in total. The third-order valence-corrected chi connectivity index (χ3v) is 1.49. The normalized spacial score (nSPS) is 12.1. The Balaban J connectivity index is 3.88. The van der Waals surface area contributed by atoms with E-state index in [9.17, 15) is 24.6 Å². The molecular formula is C6H5ClO5-2. The lowest BCUT2D eigenvalue weighted by Crippen LogP contribution is -2.37. The van der Waals surface area contributed by atoms with E-state index in [0.29, 0.717) is 0 Å². The number of carbonyl (C=O) groups excluding carboxylic acids is 3. The topological polar surface area (TPSA) is 97.3 Å². The maximum absolute atomic E-state index is 10.6. The molecule has 5 nitrogen and oxygen atoms in total. The molecule has 0 aliphatic rings. The molecule has 1 atom stereocenters. The molecule has 0 aromatic rings. The van der Waals surface area contributed by atoms with Crippen LogP contribution in [-0.4, -0.2) is 23.1 Å². The van der Waals surface area contributed by atoms with Crippen molar-refractivity contribution in [3.63, 3.8) is 0 Å². The fourth-order valence-corrected chi connectivity index (χ4v) is 0.593. The van der Waals surface area contributed by atoms with E-state index in [0.717, 1.165) is 0 Å². The van der Waals surface area contributed by atoms with Crippen LogP contribution in [0.25, 0.3) is 0 Å². The van der Waals surface area contributed by atoms with Gasteiger partial charge in [-0.1, -0.05) is 0 Å². The Hall–Kier alpha value is -1.10. The van der Waals surface area contributed by atoms with Crippen LogP contribution < -0.4 is 10.2 Å². The summed E-state index contributed by atoms with van der Waals surface area (Å²) < 4.78 is 0. The van der Waals surface area contributed by atoms with Crippen LogP contribution in [0.5, 0.6) is 0 Å². The summed E-state index contributed by atoms with van der Waals surface area (Å²) in [6, 6.07) is 0. The molecule has 0 fully saturated rings. The number of carboxylic acid groups (broad SMARTS) is 2. The third kappa shape index (κ3) is 3.92. The summed E-state index contributed by atoms with van der Waals surface area (Å²) in [4.78, 5) is 30.4. The van der Waals surface area contributed by atoms with E-state index in [1.807, 2.05) is 0 Å². The van der Waals surface area contributed by atoms with Crippen molar-refractivity contribution in [2.45, 2.75) is 18.2 Å². The lowest BCUT2D eigenvalue weighted by Gasteiger charge is -2.08. The zero-order chi connectivity index (χ0) is 9.72. The second-order valence-corrected chi connectivity index (χ2v) is 2.46. The Labute approximate surface area is 72.9 Å². The number of hydrogen-bond donors (Lipinski definition) is 0. The summed E-state index contributed by atoms with van der Waals surface area (Å²) in [7, 11) is 0. The van der Waals surface area contributed by atoms with Gasteiger partial charge in [-0.25, -0.2) is 0 Å². The molecule has 0 aromatic carbocycles. The number of hydrogen-bond acceptors (Lipinski definition) is 5. The highest BCUT2D eigenvalue weighted by Crippen LogP contribution is 2.01. The van der Waals surface area contributed by atoms with Crippen LogP contribution in [0.15, 0.2) is 0 Å². The minimum Gasteiger partial charge on any atom is -0.550 e. The first kappa shape index (κ1) is 10.9. The highest BCUT2D eigenvalue weighted by Gasteiger charge is 2.15. The van der Waals surface area contributed by atoms with Crippen LogP contribution >= 0.6 is 11.6 Å². The number of rotatable bonds is 5. The summed E-state index contributed by atoms with van der Waals surface area (Å²) in [5.74, 6) is -4.04. The minimum atomic E-state index is -1.77. The Morgan fingerprint density at radius 2 is 1.67 bits per heavy atom. The molecule has 12 heavy (non-hydrogen) atoms. The van der Waals surface area contributed by atoms with Gasteiger partial charge >= 0.3 is 0 Å². The maximum atomic E-state index is 10.6. The van der Waals surface area contributed by atoms with Gasteiger partial charge in [-0.3, -0.25) is 4.79 Å². The number of aliphatic carboxylic acids is 2. The fraction of sp³-hybridized carbons (Fsp3) is 0.500. The average Bonchev–Trinajstić information content (AvgIpc) is 1.98. The van der Waals surface area contributed by atoms with Crippen LogP contribution in [-0.2, 0) is 14.4 Å². The Morgan fingerprint density at radius 3 is 2.00 bits per heavy atom. The minimum absolute atomic E-state index is 0.454. The van der Waals surface area contributed by atoms with Gasteiger partial charge in [-0.15, -0.1) is 11.6 Å². The highest BCUT2D eigenvalue weighted by atomic mass is 35.5. The number of alkyl halides is 1. The molecule has 0 radical (unpaired) electrons. The molecule has 0 bridgehead atoms. The van der Waals surface area contributed by atoms with Crippen LogP contribution in [0.2, 0.25) is 0 Å². The zero-order valence-corrected chi connectivity index (χ0v) is 6.67. The van der Waals surface area contributed by atoms with E-state index in [1.54, 1.807) is 0 Å². The standard InChI is InChI=1S/C6H7ClO5/c7-5(6(11)12)3(8)1-2-4(9)10/h5H,1-2H2,(H,9,10)(H,11,12)/p-2. The molecule has 6 heteroatoms. The molecule has 0 aliphatic heterocycles. The first-order valence-corrected chi connectivity index (χ1v) is 3.46. The van der Waals surface area contributed by atoms with Gasteiger partial charge in [-0.05, 0) is 6.42 Å². The van der Waals surface area contributed by atoms with E-state index in [2.05, 4.69) is 0 Å². The van der Waals surface area contributed by atoms with Gasteiger partial charge < -0.3 is 19.8 Å². The van der Waals surface area contributed by atoms with Crippen LogP contribution in [0.3, 0.4) is 0 Å². The number of Topliss-reactive ketones (excluding diaryl/α,β-unsaturated/α-hetero) is 1. The molecule has 0 rings (SSSR count). The molecular weight excluding hydrogens is 188 g/mol. The van der Waals surface area contributed by atoms with Gasteiger partial charge in [0, 0.05) is 12.4 Å². The molecule has 0 amide bonds.